The summed E-state index contributed by atoms with van der Waals surface area (Å²) in [4.78, 5) is 17.3. The highest BCUT2D eigenvalue weighted by molar-refractivity contribution is 5.92. The average Bonchev–Trinajstić information content (AvgIpc) is 3.33. The van der Waals surface area contributed by atoms with Crippen molar-refractivity contribution in [2.45, 2.75) is 37.8 Å². The predicted octanol–water partition coefficient (Wildman–Crippen LogP) is 6.15. The Kier molecular flexibility index (Phi) is 7.07. The zero-order valence-corrected chi connectivity index (χ0v) is 21.3. The number of hydrogen-bond acceptors (Lipinski definition) is 4. The van der Waals surface area contributed by atoms with Crippen LogP contribution in [0.3, 0.4) is 0 Å². The van der Waals surface area contributed by atoms with Crippen LogP contribution in [0.2, 0.25) is 0 Å². The van der Waals surface area contributed by atoms with Crippen LogP contribution in [0.4, 0.5) is 20.2 Å². The second-order valence-electron chi connectivity index (χ2n) is 10.3. The van der Waals surface area contributed by atoms with E-state index < -0.39 is 4.65 Å². The summed E-state index contributed by atoms with van der Waals surface area (Å²) in [6, 6.07) is 19.0. The zero-order valence-electron chi connectivity index (χ0n) is 20.5. The molecule has 0 radical (unpaired) electrons. The second-order valence-corrected chi connectivity index (χ2v) is 10.3. The van der Waals surface area contributed by atoms with E-state index in [0.29, 0.717) is 18.5 Å². The molecule has 1 saturated heterocycles. The first-order valence-corrected chi connectivity index (χ1v) is 12.7. The molecule has 0 N–H and O–H groups in total. The molecular formula is C29H30ClF2N3O2. The smallest absolute Gasteiger partial charge is 0.346 e. The van der Waals surface area contributed by atoms with E-state index in [-0.39, 0.29) is 48.5 Å². The highest BCUT2D eigenvalue weighted by Gasteiger charge is 2.43. The Morgan fingerprint density at radius 3 is 2.51 bits per heavy atom. The average molecular weight is 526 g/mol. The molecule has 6 rings (SSSR count). The summed E-state index contributed by atoms with van der Waals surface area (Å²) in [5.74, 6) is -0.685. The number of likely N-dealkylation sites (tertiary alicyclic amines) is 1. The molecule has 3 atom stereocenters. The van der Waals surface area contributed by atoms with Gasteiger partial charge in [0.1, 0.15) is 18.2 Å². The number of quaternary nitrogens is 1. The first kappa shape index (κ1) is 25.8. The number of carbonyl (C=O) groups is 1. The lowest BCUT2D eigenvalue weighted by atomic mass is 9.89. The number of anilines is 2. The van der Waals surface area contributed by atoms with E-state index in [4.69, 9.17) is 0 Å². The third kappa shape index (κ3) is 4.66. The number of halogens is 3. The quantitative estimate of drug-likeness (QED) is 0.220. The van der Waals surface area contributed by atoms with Crippen LogP contribution in [-0.4, -0.2) is 47.7 Å². The van der Waals surface area contributed by atoms with Gasteiger partial charge in [0, 0.05) is 42.0 Å². The van der Waals surface area contributed by atoms with Gasteiger partial charge in [0.05, 0.1) is 12.1 Å². The highest BCUT2D eigenvalue weighted by Crippen LogP contribution is 2.48. The maximum absolute atomic E-state index is 14.2. The highest BCUT2D eigenvalue weighted by atomic mass is 35.5. The summed E-state index contributed by atoms with van der Waals surface area (Å²) >= 11 is 0. The van der Waals surface area contributed by atoms with Crippen molar-refractivity contribution in [1.82, 2.24) is 4.90 Å². The number of benzene rings is 3. The van der Waals surface area contributed by atoms with Gasteiger partial charge in [0.25, 0.3) is 0 Å². The summed E-state index contributed by atoms with van der Waals surface area (Å²) < 4.78 is 27.0. The third-order valence-corrected chi connectivity index (χ3v) is 8.03. The first-order valence-electron chi connectivity index (χ1n) is 12.7. The normalized spacial score (nSPS) is 24.4. The number of hydrogen-bond donors (Lipinski definition) is 0. The van der Waals surface area contributed by atoms with Crippen molar-refractivity contribution < 1.29 is 18.2 Å². The number of fused-ring (bicyclic) bond motifs is 4. The Balaban J connectivity index is 0.00000280. The third-order valence-electron chi connectivity index (χ3n) is 8.03. The van der Waals surface area contributed by atoms with E-state index in [2.05, 4.69) is 9.80 Å². The summed E-state index contributed by atoms with van der Waals surface area (Å²) in [7, 11) is 0. The summed E-state index contributed by atoms with van der Waals surface area (Å²) in [5.41, 5.74) is 4.32. The molecule has 0 saturated carbocycles. The molecule has 3 aliphatic rings. The predicted molar refractivity (Wildman–Crippen MR) is 142 cm³/mol. The van der Waals surface area contributed by atoms with E-state index >= 15 is 0 Å². The Labute approximate surface area is 221 Å². The van der Waals surface area contributed by atoms with Crippen LogP contribution in [0.5, 0.6) is 0 Å². The van der Waals surface area contributed by atoms with Crippen molar-refractivity contribution in [3.63, 3.8) is 0 Å². The zero-order chi connectivity index (χ0) is 24.9. The molecule has 1 amide bonds. The van der Waals surface area contributed by atoms with Gasteiger partial charge < -0.3 is 15.0 Å². The molecule has 3 unspecified atom stereocenters. The molecule has 37 heavy (non-hydrogen) atoms. The van der Waals surface area contributed by atoms with Crippen LogP contribution < -0.4 is 4.90 Å². The first-order chi connectivity index (χ1) is 17.4. The van der Waals surface area contributed by atoms with Crippen LogP contribution in [0.1, 0.15) is 46.7 Å². The monoisotopic (exact) mass is 525 g/mol. The standard InChI is InChI=1S/C29H29F2N3O2.ClH/c30-21-7-10-23(11-8-21)33-27-12-9-22(31)17-25(27)26-18-32(15-13-28(26)33)14-3-4-16-34(36)19-20-5-1-2-6-24(20)29(34)35;/h1-2,5-12,17,26,28H,3-4,13-16,18-19H2;1H. The fourth-order valence-corrected chi connectivity index (χ4v) is 6.29. The van der Waals surface area contributed by atoms with Crippen LogP contribution in [0.25, 0.3) is 0 Å². The summed E-state index contributed by atoms with van der Waals surface area (Å²) in [5, 5.41) is 13.2. The molecule has 194 valence electrons. The molecule has 0 aromatic heterocycles. The van der Waals surface area contributed by atoms with Crippen molar-refractivity contribution in [2.24, 2.45) is 0 Å². The number of carbonyl (C=O) groups excluding carboxylic acids is 1. The molecule has 3 heterocycles. The van der Waals surface area contributed by atoms with E-state index in [0.717, 1.165) is 55.0 Å². The molecule has 0 spiro atoms. The lowest BCUT2D eigenvalue weighted by molar-refractivity contribution is -0.807. The van der Waals surface area contributed by atoms with E-state index in [1.807, 2.05) is 18.2 Å². The lowest BCUT2D eigenvalue weighted by Gasteiger charge is -2.39. The Morgan fingerprint density at radius 1 is 0.973 bits per heavy atom. The molecule has 5 nitrogen and oxygen atoms in total. The Morgan fingerprint density at radius 2 is 1.73 bits per heavy atom. The molecule has 3 aromatic rings. The van der Waals surface area contributed by atoms with Crippen molar-refractivity contribution in [1.29, 1.82) is 0 Å². The molecule has 3 aliphatic heterocycles. The minimum atomic E-state index is -0.788. The molecular weight excluding hydrogens is 496 g/mol. The summed E-state index contributed by atoms with van der Waals surface area (Å²) in [6.45, 7) is 3.06. The molecule has 1 fully saturated rings. The van der Waals surface area contributed by atoms with Gasteiger partial charge in [0.2, 0.25) is 0 Å². The fraction of sp³-hybridized carbons (Fsp3) is 0.345. The van der Waals surface area contributed by atoms with Crippen LogP contribution in [0.15, 0.2) is 66.7 Å². The van der Waals surface area contributed by atoms with Gasteiger partial charge in [-0.3, -0.25) is 4.65 Å². The second kappa shape index (κ2) is 10.1. The van der Waals surface area contributed by atoms with Gasteiger partial charge in [-0.25, -0.2) is 13.6 Å². The number of amides is 1. The van der Waals surface area contributed by atoms with Gasteiger partial charge in [-0.2, -0.15) is 0 Å². The van der Waals surface area contributed by atoms with E-state index in [1.54, 1.807) is 30.3 Å². The van der Waals surface area contributed by atoms with E-state index in [1.165, 1.54) is 18.2 Å². The number of nitrogens with zero attached hydrogens (tertiary/aromatic N) is 3. The molecule has 8 heteroatoms. The van der Waals surface area contributed by atoms with Gasteiger partial charge in [-0.05, 0) is 79.9 Å². The number of hydroxylamine groups is 3. The SMILES string of the molecule is Cl.O=C1c2ccccc2C[N+]1([O-])CCCCN1CCC2C(C1)c1cc(F)ccc1N2c1ccc(F)cc1. The Hall–Kier alpha value is -2.84. The van der Waals surface area contributed by atoms with Gasteiger partial charge in [-0.15, -0.1) is 12.4 Å². The van der Waals surface area contributed by atoms with Crippen LogP contribution in [-0.2, 0) is 6.54 Å². The van der Waals surface area contributed by atoms with E-state index in [9.17, 15) is 18.8 Å². The maximum Gasteiger partial charge on any atom is 0.346 e. The largest absolute Gasteiger partial charge is 0.625 e. The summed E-state index contributed by atoms with van der Waals surface area (Å²) in [6.07, 6.45) is 2.43. The fourth-order valence-electron chi connectivity index (χ4n) is 6.29. The van der Waals surface area contributed by atoms with Crippen molar-refractivity contribution >= 4 is 29.7 Å². The van der Waals surface area contributed by atoms with Gasteiger partial charge in [-0.1, -0.05) is 18.2 Å². The maximum atomic E-state index is 14.2. The lowest BCUT2D eigenvalue weighted by Crippen LogP contribution is -2.45. The topological polar surface area (TPSA) is 46.6 Å². The minimum absolute atomic E-state index is 0. The molecule has 0 bridgehead atoms. The van der Waals surface area contributed by atoms with Crippen LogP contribution in [0, 0.1) is 16.8 Å². The van der Waals surface area contributed by atoms with Crippen LogP contribution >= 0.6 is 12.4 Å². The van der Waals surface area contributed by atoms with Crippen molar-refractivity contribution in [2.75, 3.05) is 31.1 Å². The van der Waals surface area contributed by atoms with Gasteiger partial charge >= 0.3 is 5.91 Å². The Bertz CT molecular complexity index is 1300. The number of rotatable bonds is 6. The minimum Gasteiger partial charge on any atom is -0.625 e. The number of piperidine rings is 1. The van der Waals surface area contributed by atoms with Crippen molar-refractivity contribution in [3.05, 3.63) is 100 Å². The number of unbranched alkanes of at least 4 members (excludes halogenated alkanes) is 1. The van der Waals surface area contributed by atoms with Gasteiger partial charge in [0.15, 0.2) is 0 Å². The molecule has 3 aromatic carbocycles. The molecule has 0 aliphatic carbocycles. The van der Waals surface area contributed by atoms with Crippen molar-refractivity contribution in [3.8, 4) is 0 Å².